The third-order valence-corrected chi connectivity index (χ3v) is 7.28. The van der Waals surface area contributed by atoms with Crippen LogP contribution in [-0.4, -0.2) is 41.2 Å². The lowest BCUT2D eigenvalue weighted by molar-refractivity contribution is 0.0950. The number of halogens is 2. The second-order valence-corrected chi connectivity index (χ2v) is 9.76. The number of nitrogens with zero attached hydrogens (tertiary/aromatic N) is 3. The highest BCUT2D eigenvalue weighted by molar-refractivity contribution is 5.97. The Balaban J connectivity index is 1.48. The number of ether oxygens (including phenoxy) is 1. The zero-order valence-corrected chi connectivity index (χ0v) is 20.8. The molecule has 3 heterocycles. The molecule has 2 unspecified atom stereocenters. The third-order valence-electron chi connectivity index (χ3n) is 7.28. The minimum Gasteiger partial charge on any atom is -0.447 e. The lowest BCUT2D eigenvalue weighted by atomic mass is 9.99. The molecule has 2 fully saturated rings. The van der Waals surface area contributed by atoms with Gasteiger partial charge in [0.2, 0.25) is 5.43 Å². The molecular formula is C28H28F2N4O4. The molecule has 2 aliphatic rings. The van der Waals surface area contributed by atoms with Crippen molar-refractivity contribution in [2.75, 3.05) is 24.6 Å². The second kappa shape index (κ2) is 10.7. The molecule has 1 saturated heterocycles. The normalized spacial score (nSPS) is 19.1. The number of benzene rings is 1. The first kappa shape index (κ1) is 25.6. The molecule has 1 aromatic carbocycles. The Morgan fingerprint density at radius 2 is 2.00 bits per heavy atom. The Bertz CT molecular complexity index is 1470. The molecule has 5 rings (SSSR count). The van der Waals surface area contributed by atoms with E-state index in [0.29, 0.717) is 24.4 Å². The first-order valence-electron chi connectivity index (χ1n) is 12.7. The van der Waals surface area contributed by atoms with Crippen molar-refractivity contribution in [3.05, 3.63) is 76.6 Å². The zero-order valence-electron chi connectivity index (χ0n) is 20.8. The van der Waals surface area contributed by atoms with Crippen LogP contribution in [0.5, 0.6) is 0 Å². The summed E-state index contributed by atoms with van der Waals surface area (Å²) in [7, 11) is 0. The van der Waals surface area contributed by atoms with E-state index in [4.69, 9.17) is 4.74 Å². The first-order chi connectivity index (χ1) is 18.4. The quantitative estimate of drug-likeness (QED) is 0.432. The van der Waals surface area contributed by atoms with Crippen molar-refractivity contribution >= 4 is 28.9 Å². The van der Waals surface area contributed by atoms with Crippen molar-refractivity contribution < 1.29 is 23.1 Å². The fourth-order valence-electron chi connectivity index (χ4n) is 5.34. The minimum absolute atomic E-state index is 0.0217. The number of fused-ring (bicyclic) bond motifs is 1. The van der Waals surface area contributed by atoms with Crippen LogP contribution in [0.25, 0.3) is 16.7 Å². The topological polar surface area (TPSA) is 93.5 Å². The number of pyridine rings is 2. The van der Waals surface area contributed by atoms with Gasteiger partial charge in [-0.25, -0.2) is 18.6 Å². The lowest BCUT2D eigenvalue weighted by Crippen LogP contribution is -2.31. The minimum atomic E-state index is -0.899. The van der Waals surface area contributed by atoms with Crippen LogP contribution in [0.15, 0.2) is 54.0 Å². The SMILES string of the molecule is C=CCC1CCC(CCNC(=O)c2cn(-c3ccc(F)cc3F)c3nc(N4CCOC4=O)ccc3c2=O)C1. The van der Waals surface area contributed by atoms with E-state index in [-0.39, 0.29) is 41.3 Å². The molecule has 2 aromatic heterocycles. The van der Waals surface area contributed by atoms with Crippen molar-refractivity contribution in [2.24, 2.45) is 11.8 Å². The number of cyclic esters (lactones) is 1. The van der Waals surface area contributed by atoms with E-state index in [0.717, 1.165) is 38.2 Å². The summed E-state index contributed by atoms with van der Waals surface area (Å²) in [5.41, 5.74) is -0.842. The molecule has 10 heteroatoms. The standard InChI is InChI=1S/C28H28F2N4O4/c1-2-3-17-4-5-18(14-17)10-11-31-27(36)21-16-34(23-8-6-19(29)15-22(23)30)26-20(25(21)35)7-9-24(32-26)33-12-13-38-28(33)37/h2,6-9,15-18H,1,3-5,10-14H2,(H,31,36). The lowest BCUT2D eigenvalue weighted by Gasteiger charge is -2.17. The zero-order chi connectivity index (χ0) is 26.8. The first-order valence-corrected chi connectivity index (χ1v) is 12.7. The van der Waals surface area contributed by atoms with Gasteiger partial charge in [0.05, 0.1) is 17.6 Å². The van der Waals surface area contributed by atoms with Gasteiger partial charge in [-0.15, -0.1) is 6.58 Å². The Hall–Kier alpha value is -4.08. The fourth-order valence-corrected chi connectivity index (χ4v) is 5.34. The van der Waals surface area contributed by atoms with Gasteiger partial charge in [-0.3, -0.25) is 19.1 Å². The molecule has 198 valence electrons. The Morgan fingerprint density at radius 3 is 2.74 bits per heavy atom. The Labute approximate surface area is 217 Å². The molecule has 8 nitrogen and oxygen atoms in total. The maximum Gasteiger partial charge on any atom is 0.415 e. The second-order valence-electron chi connectivity index (χ2n) is 9.76. The number of allylic oxidation sites excluding steroid dienone is 1. The van der Waals surface area contributed by atoms with Crippen LogP contribution >= 0.6 is 0 Å². The van der Waals surface area contributed by atoms with Crippen molar-refractivity contribution in [3.8, 4) is 5.69 Å². The monoisotopic (exact) mass is 522 g/mol. The Morgan fingerprint density at radius 1 is 1.18 bits per heavy atom. The molecule has 3 aromatic rings. The number of hydrogen-bond acceptors (Lipinski definition) is 5. The molecule has 0 spiro atoms. The number of amides is 2. The van der Waals surface area contributed by atoms with Crippen LogP contribution in [-0.2, 0) is 4.74 Å². The van der Waals surface area contributed by atoms with E-state index < -0.39 is 29.1 Å². The summed E-state index contributed by atoms with van der Waals surface area (Å²) in [6.45, 7) is 4.66. The molecule has 1 aliphatic heterocycles. The fraction of sp³-hybridized carbons (Fsp3) is 0.357. The number of nitrogens with one attached hydrogen (secondary N) is 1. The molecule has 2 atom stereocenters. The van der Waals surface area contributed by atoms with Crippen LogP contribution < -0.4 is 15.6 Å². The third kappa shape index (κ3) is 5.03. The largest absolute Gasteiger partial charge is 0.447 e. The maximum absolute atomic E-state index is 14.9. The predicted molar refractivity (Wildman–Crippen MR) is 139 cm³/mol. The smallest absolute Gasteiger partial charge is 0.415 e. The van der Waals surface area contributed by atoms with Crippen molar-refractivity contribution in [1.82, 2.24) is 14.9 Å². The summed E-state index contributed by atoms with van der Waals surface area (Å²) in [4.78, 5) is 44.2. The van der Waals surface area contributed by atoms with E-state index >= 15 is 0 Å². The summed E-state index contributed by atoms with van der Waals surface area (Å²) >= 11 is 0. The van der Waals surface area contributed by atoms with E-state index in [9.17, 15) is 23.2 Å². The van der Waals surface area contributed by atoms with Crippen LogP contribution in [0.4, 0.5) is 19.4 Å². The van der Waals surface area contributed by atoms with Gasteiger partial charge < -0.3 is 10.1 Å². The molecule has 0 radical (unpaired) electrons. The summed E-state index contributed by atoms with van der Waals surface area (Å²) in [5.74, 6) is -0.914. The highest BCUT2D eigenvalue weighted by Crippen LogP contribution is 2.35. The van der Waals surface area contributed by atoms with Gasteiger partial charge in [0.25, 0.3) is 5.91 Å². The number of anilines is 1. The van der Waals surface area contributed by atoms with Crippen LogP contribution in [0.3, 0.4) is 0 Å². The summed E-state index contributed by atoms with van der Waals surface area (Å²) < 4.78 is 34.7. The van der Waals surface area contributed by atoms with E-state index in [1.54, 1.807) is 0 Å². The highest BCUT2D eigenvalue weighted by Gasteiger charge is 2.27. The molecule has 1 N–H and O–H groups in total. The number of aromatic nitrogens is 2. The van der Waals surface area contributed by atoms with E-state index in [1.807, 2.05) is 6.08 Å². The number of rotatable bonds is 8. The number of carbonyl (C=O) groups is 2. The van der Waals surface area contributed by atoms with Crippen LogP contribution in [0.2, 0.25) is 0 Å². The van der Waals surface area contributed by atoms with Gasteiger partial charge in [0.15, 0.2) is 5.65 Å². The van der Waals surface area contributed by atoms with Gasteiger partial charge in [0.1, 0.15) is 29.6 Å². The molecule has 2 amide bonds. The Kier molecular flexibility index (Phi) is 7.22. The molecular weight excluding hydrogens is 494 g/mol. The van der Waals surface area contributed by atoms with Crippen LogP contribution in [0.1, 0.15) is 42.5 Å². The van der Waals surface area contributed by atoms with Crippen molar-refractivity contribution in [1.29, 1.82) is 0 Å². The van der Waals surface area contributed by atoms with E-state index in [1.165, 1.54) is 33.9 Å². The summed E-state index contributed by atoms with van der Waals surface area (Å²) in [5, 5.41) is 2.88. The molecule has 1 aliphatic carbocycles. The summed E-state index contributed by atoms with van der Waals surface area (Å²) in [6.07, 6.45) is 7.69. The number of carbonyl (C=O) groups excluding carboxylic acids is 2. The van der Waals surface area contributed by atoms with Crippen molar-refractivity contribution in [3.63, 3.8) is 0 Å². The van der Waals surface area contributed by atoms with Gasteiger partial charge >= 0.3 is 6.09 Å². The maximum atomic E-state index is 14.9. The molecule has 1 saturated carbocycles. The van der Waals surface area contributed by atoms with E-state index in [2.05, 4.69) is 16.9 Å². The highest BCUT2D eigenvalue weighted by atomic mass is 19.1. The summed E-state index contributed by atoms with van der Waals surface area (Å²) in [6, 6.07) is 5.91. The molecule has 0 bridgehead atoms. The number of hydrogen-bond donors (Lipinski definition) is 1. The van der Waals surface area contributed by atoms with Gasteiger partial charge in [-0.05, 0) is 61.8 Å². The van der Waals surface area contributed by atoms with Gasteiger partial charge in [-0.1, -0.05) is 12.5 Å². The van der Waals surface area contributed by atoms with Crippen molar-refractivity contribution in [2.45, 2.75) is 32.1 Å². The molecule has 38 heavy (non-hydrogen) atoms. The van der Waals surface area contributed by atoms with Crippen LogP contribution in [0, 0.1) is 23.5 Å². The van der Waals surface area contributed by atoms with Gasteiger partial charge in [-0.2, -0.15) is 0 Å². The average molecular weight is 523 g/mol. The van der Waals surface area contributed by atoms with Gasteiger partial charge in [0, 0.05) is 18.8 Å². The average Bonchev–Trinajstić information content (AvgIpc) is 3.53. The predicted octanol–water partition coefficient (Wildman–Crippen LogP) is 4.73.